The molecule has 0 aliphatic carbocycles. The highest BCUT2D eigenvalue weighted by Crippen LogP contribution is 2.24. The molecule has 0 aliphatic rings. The Morgan fingerprint density at radius 3 is 1.83 bits per heavy atom. The summed E-state index contributed by atoms with van der Waals surface area (Å²) in [4.78, 5) is 11.2. The van der Waals surface area contributed by atoms with Crippen molar-refractivity contribution < 1.29 is 19.0 Å². The lowest BCUT2D eigenvalue weighted by Crippen LogP contribution is -2.38. The minimum Gasteiger partial charge on any atom is -0.449 e. The first-order valence-electron chi connectivity index (χ1n) is 7.84. The molecule has 0 radical (unpaired) electrons. The normalized spacial score (nSPS) is 10.6. The highest BCUT2D eigenvalue weighted by atomic mass is 16.6. The summed E-state index contributed by atoms with van der Waals surface area (Å²) >= 11 is 0. The number of hydrogen-bond donors (Lipinski definition) is 1. The van der Waals surface area contributed by atoms with Crippen LogP contribution in [0.3, 0.4) is 0 Å². The molecule has 0 saturated heterocycles. The Hall–Kier alpha value is -1.59. The van der Waals surface area contributed by atoms with Crippen LogP contribution in [0.5, 0.6) is 0 Å². The van der Waals surface area contributed by atoms with Crippen molar-refractivity contribution >= 4 is 6.09 Å². The maximum Gasteiger partial charge on any atom is 0.406 e. The van der Waals surface area contributed by atoms with Crippen LogP contribution in [-0.2, 0) is 14.2 Å². The van der Waals surface area contributed by atoms with Gasteiger partial charge in [-0.15, -0.1) is 13.2 Å². The largest absolute Gasteiger partial charge is 0.449 e. The van der Waals surface area contributed by atoms with Gasteiger partial charge in [-0.25, -0.2) is 4.79 Å². The summed E-state index contributed by atoms with van der Waals surface area (Å²) in [6, 6.07) is 0. The summed E-state index contributed by atoms with van der Waals surface area (Å²) in [5.74, 6) is 0. The van der Waals surface area contributed by atoms with Crippen molar-refractivity contribution in [3.8, 4) is 0 Å². The van der Waals surface area contributed by atoms with E-state index in [1.54, 1.807) is 12.2 Å². The third kappa shape index (κ3) is 13.8. The molecule has 1 N–H and O–H groups in total. The van der Waals surface area contributed by atoms with E-state index < -0.39 is 6.09 Å². The van der Waals surface area contributed by atoms with Crippen molar-refractivity contribution in [2.45, 2.75) is 27.2 Å². The van der Waals surface area contributed by atoms with Gasteiger partial charge in [0.05, 0.1) is 31.8 Å². The molecule has 5 nitrogen and oxygen atoms in total. The molecule has 0 aromatic carbocycles. The van der Waals surface area contributed by atoms with Crippen molar-refractivity contribution in [1.29, 1.82) is 0 Å². The standard InChI is InChI=1S/C14H25NO4.C4H8/c1-5-8-17-10-14(7-3,11-18-9-6-2)12-19-13(16)15-4;1-3-4-2/h5-6H,1-2,7-12H2,3-4H3,(H,15,16);3-4H,1-2H3/b;4-3+. The van der Waals surface area contributed by atoms with Crippen molar-refractivity contribution in [2.24, 2.45) is 5.41 Å². The predicted octanol–water partition coefficient (Wildman–Crippen LogP) is 3.73. The van der Waals surface area contributed by atoms with Crippen molar-refractivity contribution in [3.63, 3.8) is 0 Å². The quantitative estimate of drug-likeness (QED) is 0.464. The molecule has 0 heterocycles. The molecule has 0 aromatic heterocycles. The van der Waals surface area contributed by atoms with Crippen LogP contribution in [0.2, 0.25) is 0 Å². The van der Waals surface area contributed by atoms with Crippen molar-refractivity contribution in [1.82, 2.24) is 5.32 Å². The second-order valence-corrected chi connectivity index (χ2v) is 4.95. The van der Waals surface area contributed by atoms with Crippen LogP contribution >= 0.6 is 0 Å². The lowest BCUT2D eigenvalue weighted by atomic mass is 9.88. The molecule has 0 aliphatic heterocycles. The van der Waals surface area contributed by atoms with Crippen LogP contribution in [0, 0.1) is 5.41 Å². The lowest BCUT2D eigenvalue weighted by molar-refractivity contribution is -0.0458. The fourth-order valence-corrected chi connectivity index (χ4v) is 1.44. The fraction of sp³-hybridized carbons (Fsp3) is 0.611. The summed E-state index contributed by atoms with van der Waals surface area (Å²) in [5.41, 5.74) is -0.349. The van der Waals surface area contributed by atoms with Crippen LogP contribution in [-0.4, -0.2) is 46.2 Å². The Morgan fingerprint density at radius 2 is 1.52 bits per heavy atom. The van der Waals surface area contributed by atoms with Crippen molar-refractivity contribution in [2.75, 3.05) is 40.1 Å². The zero-order valence-corrected chi connectivity index (χ0v) is 15.1. The Bertz CT molecular complexity index is 322. The number of carbonyl (C=O) groups is 1. The van der Waals surface area contributed by atoms with E-state index in [0.717, 1.165) is 6.42 Å². The molecule has 0 spiro atoms. The highest BCUT2D eigenvalue weighted by Gasteiger charge is 2.31. The van der Waals surface area contributed by atoms with Crippen molar-refractivity contribution in [3.05, 3.63) is 37.5 Å². The van der Waals surface area contributed by atoms with E-state index in [2.05, 4.69) is 18.5 Å². The smallest absolute Gasteiger partial charge is 0.406 e. The average molecular weight is 327 g/mol. The van der Waals surface area contributed by atoms with Gasteiger partial charge in [-0.3, -0.25) is 0 Å². The number of amides is 1. The van der Waals surface area contributed by atoms with Gasteiger partial charge in [0.15, 0.2) is 0 Å². The molecule has 23 heavy (non-hydrogen) atoms. The SMILES string of the molecule is C/C=C/C.C=CCOCC(CC)(COCC=C)COC(=O)NC. The number of ether oxygens (including phenoxy) is 3. The molecule has 0 saturated carbocycles. The Morgan fingerprint density at radius 1 is 1.04 bits per heavy atom. The number of nitrogens with one attached hydrogen (secondary N) is 1. The lowest BCUT2D eigenvalue weighted by Gasteiger charge is -2.31. The van der Waals surface area contributed by atoms with Crippen LogP contribution in [0.25, 0.3) is 0 Å². The average Bonchev–Trinajstić information content (AvgIpc) is 2.59. The molecule has 0 fully saturated rings. The fourth-order valence-electron chi connectivity index (χ4n) is 1.44. The molecule has 0 bridgehead atoms. The van der Waals surface area contributed by atoms with E-state index >= 15 is 0 Å². The summed E-state index contributed by atoms with van der Waals surface area (Å²) in [7, 11) is 1.53. The van der Waals surface area contributed by atoms with Crippen LogP contribution in [0.4, 0.5) is 4.79 Å². The monoisotopic (exact) mass is 327 g/mol. The maximum absolute atomic E-state index is 11.2. The number of carbonyl (C=O) groups excluding carboxylic acids is 1. The molecule has 0 atom stereocenters. The van der Waals surface area contributed by atoms with E-state index in [9.17, 15) is 4.79 Å². The zero-order valence-electron chi connectivity index (χ0n) is 15.1. The second kappa shape index (κ2) is 16.8. The zero-order chi connectivity index (χ0) is 18.0. The Labute approximate surface area is 141 Å². The number of allylic oxidation sites excluding steroid dienone is 2. The third-order valence-electron chi connectivity index (χ3n) is 3.08. The maximum atomic E-state index is 11.2. The van der Waals surface area contributed by atoms with Gasteiger partial charge in [0.1, 0.15) is 6.61 Å². The first-order chi connectivity index (χ1) is 11.1. The summed E-state index contributed by atoms with van der Waals surface area (Å²) in [6.45, 7) is 15.3. The van der Waals surface area contributed by atoms with Crippen LogP contribution in [0.1, 0.15) is 27.2 Å². The molecule has 0 rings (SSSR count). The molecule has 134 valence electrons. The molecular formula is C18H33NO4. The minimum atomic E-state index is -0.453. The van der Waals surface area contributed by atoms with Gasteiger partial charge in [-0.1, -0.05) is 31.2 Å². The van der Waals surface area contributed by atoms with E-state index in [1.165, 1.54) is 7.05 Å². The molecule has 5 heteroatoms. The molecule has 0 aromatic rings. The summed E-state index contributed by atoms with van der Waals surface area (Å²) in [6.07, 6.45) is 7.69. The Balaban J connectivity index is 0. The Kier molecular flexibility index (Phi) is 17.3. The first-order valence-corrected chi connectivity index (χ1v) is 7.84. The summed E-state index contributed by atoms with van der Waals surface area (Å²) in [5, 5.41) is 2.42. The van der Waals surface area contributed by atoms with Gasteiger partial charge in [-0.2, -0.15) is 0 Å². The number of alkyl carbamates (subject to hydrolysis) is 1. The molecule has 1 amide bonds. The molecular weight excluding hydrogens is 294 g/mol. The van der Waals surface area contributed by atoms with Crippen LogP contribution in [0.15, 0.2) is 37.5 Å². The predicted molar refractivity (Wildman–Crippen MR) is 95.7 cm³/mol. The second-order valence-electron chi connectivity index (χ2n) is 4.95. The van der Waals surface area contributed by atoms with E-state index in [0.29, 0.717) is 26.4 Å². The highest BCUT2D eigenvalue weighted by molar-refractivity contribution is 5.66. The molecule has 0 unspecified atom stereocenters. The van der Waals surface area contributed by atoms with E-state index in [-0.39, 0.29) is 12.0 Å². The van der Waals surface area contributed by atoms with Gasteiger partial charge in [0.2, 0.25) is 0 Å². The number of rotatable bonds is 11. The third-order valence-corrected chi connectivity index (χ3v) is 3.08. The van der Waals surface area contributed by atoms with Gasteiger partial charge < -0.3 is 19.5 Å². The van der Waals surface area contributed by atoms with Gasteiger partial charge in [0, 0.05) is 7.05 Å². The first kappa shape index (κ1) is 23.7. The topological polar surface area (TPSA) is 56.8 Å². The summed E-state index contributed by atoms with van der Waals surface area (Å²) < 4.78 is 16.1. The number of hydrogen-bond acceptors (Lipinski definition) is 4. The van der Waals surface area contributed by atoms with E-state index in [4.69, 9.17) is 14.2 Å². The van der Waals surface area contributed by atoms with Gasteiger partial charge in [0.25, 0.3) is 0 Å². The van der Waals surface area contributed by atoms with Gasteiger partial charge in [-0.05, 0) is 20.3 Å². The van der Waals surface area contributed by atoms with Crippen LogP contribution < -0.4 is 5.32 Å². The van der Waals surface area contributed by atoms with Gasteiger partial charge >= 0.3 is 6.09 Å². The minimum absolute atomic E-state index is 0.247. The van der Waals surface area contributed by atoms with E-state index in [1.807, 2.05) is 32.9 Å².